The molecule has 3 rings (SSSR count). The summed E-state index contributed by atoms with van der Waals surface area (Å²) in [5, 5.41) is 0. The second-order valence-corrected chi connectivity index (χ2v) is 4.87. The van der Waals surface area contributed by atoms with E-state index in [-0.39, 0.29) is 0 Å². The fourth-order valence-electron chi connectivity index (χ4n) is 2.23. The Balaban J connectivity index is 1.95. The lowest BCUT2D eigenvalue weighted by atomic mass is 10.0. The van der Waals surface area contributed by atoms with E-state index in [1.807, 2.05) is 19.2 Å². The average Bonchev–Trinajstić information content (AvgIpc) is 2.51. The molecule has 0 saturated heterocycles. The highest BCUT2D eigenvalue weighted by atomic mass is 14.8. The molecular formula is C18H16N2. The number of aromatic nitrogens is 1. The number of anilines is 1. The number of pyridine rings is 1. The molecule has 0 radical (unpaired) electrons. The lowest BCUT2D eigenvalue weighted by molar-refractivity contribution is 1.28. The fraction of sp³-hybridized carbons (Fsp3) is 0.0556. The van der Waals surface area contributed by atoms with Gasteiger partial charge in [-0.2, -0.15) is 0 Å². The molecule has 1 aromatic heterocycles. The minimum atomic E-state index is 0.592. The van der Waals surface area contributed by atoms with Gasteiger partial charge in [0.1, 0.15) is 5.82 Å². The number of hydrogen-bond acceptors (Lipinski definition) is 2. The average molecular weight is 260 g/mol. The summed E-state index contributed by atoms with van der Waals surface area (Å²) in [6.45, 7) is 1.98. The maximum Gasteiger partial charge on any atom is 0.126 e. The highest BCUT2D eigenvalue weighted by Gasteiger charge is 2.02. The molecule has 2 heteroatoms. The smallest absolute Gasteiger partial charge is 0.126 e. The summed E-state index contributed by atoms with van der Waals surface area (Å²) in [5.74, 6) is 0.592. The van der Waals surface area contributed by atoms with Crippen molar-refractivity contribution in [3.05, 3.63) is 72.4 Å². The number of nitrogen functional groups attached to an aromatic ring is 1. The van der Waals surface area contributed by atoms with Crippen LogP contribution in [-0.2, 0) is 0 Å². The third kappa shape index (κ3) is 2.41. The van der Waals surface area contributed by atoms with Crippen LogP contribution in [0.2, 0.25) is 0 Å². The Bertz CT molecular complexity index is 716. The van der Waals surface area contributed by atoms with Crippen molar-refractivity contribution in [3.8, 4) is 22.3 Å². The lowest BCUT2D eigenvalue weighted by Crippen LogP contribution is -1.93. The van der Waals surface area contributed by atoms with E-state index in [2.05, 4.69) is 59.6 Å². The Morgan fingerprint density at radius 3 is 1.90 bits per heavy atom. The zero-order chi connectivity index (χ0) is 13.9. The second kappa shape index (κ2) is 5.17. The van der Waals surface area contributed by atoms with Crippen LogP contribution in [0.1, 0.15) is 5.56 Å². The zero-order valence-corrected chi connectivity index (χ0v) is 11.4. The van der Waals surface area contributed by atoms with Crippen molar-refractivity contribution in [2.75, 3.05) is 5.73 Å². The molecule has 1 heterocycles. The summed E-state index contributed by atoms with van der Waals surface area (Å²) in [5.41, 5.74) is 11.5. The maximum absolute atomic E-state index is 5.76. The SMILES string of the molecule is Cc1cc(-c2ccc(-c3ccccc3)cc2)cnc1N. The monoisotopic (exact) mass is 260 g/mol. The van der Waals surface area contributed by atoms with Crippen molar-refractivity contribution in [1.29, 1.82) is 0 Å². The van der Waals surface area contributed by atoms with Gasteiger partial charge in [0.15, 0.2) is 0 Å². The van der Waals surface area contributed by atoms with Crippen molar-refractivity contribution in [3.63, 3.8) is 0 Å². The largest absolute Gasteiger partial charge is 0.383 e. The molecule has 0 aliphatic rings. The van der Waals surface area contributed by atoms with Gasteiger partial charge in [0.05, 0.1) is 0 Å². The molecule has 2 N–H and O–H groups in total. The van der Waals surface area contributed by atoms with Crippen molar-refractivity contribution in [2.45, 2.75) is 6.92 Å². The Hall–Kier alpha value is -2.61. The van der Waals surface area contributed by atoms with Gasteiger partial charge < -0.3 is 5.73 Å². The summed E-state index contributed by atoms with van der Waals surface area (Å²) in [6, 6.07) is 20.9. The minimum absolute atomic E-state index is 0.592. The summed E-state index contributed by atoms with van der Waals surface area (Å²) < 4.78 is 0. The van der Waals surface area contributed by atoms with E-state index in [1.54, 1.807) is 0 Å². The first-order chi connectivity index (χ1) is 9.74. The highest BCUT2D eigenvalue weighted by Crippen LogP contribution is 2.25. The molecule has 0 bridgehead atoms. The van der Waals surface area contributed by atoms with Gasteiger partial charge in [0, 0.05) is 11.8 Å². The molecule has 98 valence electrons. The summed E-state index contributed by atoms with van der Waals surface area (Å²) in [4.78, 5) is 4.21. The van der Waals surface area contributed by atoms with Crippen LogP contribution in [0.4, 0.5) is 5.82 Å². The van der Waals surface area contributed by atoms with Crippen LogP contribution in [0.25, 0.3) is 22.3 Å². The van der Waals surface area contributed by atoms with Crippen LogP contribution >= 0.6 is 0 Å². The van der Waals surface area contributed by atoms with Gasteiger partial charge in [0.25, 0.3) is 0 Å². The van der Waals surface area contributed by atoms with Crippen molar-refractivity contribution in [2.24, 2.45) is 0 Å². The van der Waals surface area contributed by atoms with Crippen molar-refractivity contribution in [1.82, 2.24) is 4.98 Å². The van der Waals surface area contributed by atoms with Gasteiger partial charge in [-0.1, -0.05) is 54.6 Å². The zero-order valence-electron chi connectivity index (χ0n) is 11.4. The Morgan fingerprint density at radius 1 is 0.750 bits per heavy atom. The van der Waals surface area contributed by atoms with Gasteiger partial charge >= 0.3 is 0 Å². The highest BCUT2D eigenvalue weighted by molar-refractivity contribution is 5.70. The molecule has 0 fully saturated rings. The van der Waals surface area contributed by atoms with Crippen LogP contribution in [0.15, 0.2) is 66.9 Å². The summed E-state index contributed by atoms with van der Waals surface area (Å²) >= 11 is 0. The van der Waals surface area contributed by atoms with Crippen molar-refractivity contribution < 1.29 is 0 Å². The molecule has 20 heavy (non-hydrogen) atoms. The van der Waals surface area contributed by atoms with E-state index < -0.39 is 0 Å². The van der Waals surface area contributed by atoms with E-state index in [0.717, 1.165) is 16.7 Å². The third-order valence-electron chi connectivity index (χ3n) is 3.44. The van der Waals surface area contributed by atoms with Gasteiger partial charge in [-0.05, 0) is 35.2 Å². The molecule has 0 amide bonds. The van der Waals surface area contributed by atoms with Gasteiger partial charge in [-0.3, -0.25) is 0 Å². The molecule has 0 spiro atoms. The van der Waals surface area contributed by atoms with Crippen LogP contribution in [0.5, 0.6) is 0 Å². The number of nitrogens with two attached hydrogens (primary N) is 1. The van der Waals surface area contributed by atoms with Crippen molar-refractivity contribution >= 4 is 5.82 Å². The molecule has 0 aliphatic carbocycles. The molecule has 2 nitrogen and oxygen atoms in total. The van der Waals surface area contributed by atoms with Crippen LogP contribution < -0.4 is 5.73 Å². The lowest BCUT2D eigenvalue weighted by Gasteiger charge is -2.06. The van der Waals surface area contributed by atoms with Crippen LogP contribution in [0, 0.1) is 6.92 Å². The first kappa shape index (κ1) is 12.4. The second-order valence-electron chi connectivity index (χ2n) is 4.87. The van der Waals surface area contributed by atoms with E-state index in [1.165, 1.54) is 11.1 Å². The first-order valence-corrected chi connectivity index (χ1v) is 6.62. The molecular weight excluding hydrogens is 244 g/mol. The third-order valence-corrected chi connectivity index (χ3v) is 3.44. The van der Waals surface area contributed by atoms with E-state index in [0.29, 0.717) is 5.82 Å². The van der Waals surface area contributed by atoms with E-state index >= 15 is 0 Å². The quantitative estimate of drug-likeness (QED) is 0.745. The van der Waals surface area contributed by atoms with E-state index in [9.17, 15) is 0 Å². The molecule has 2 aromatic carbocycles. The topological polar surface area (TPSA) is 38.9 Å². The predicted molar refractivity (Wildman–Crippen MR) is 84.3 cm³/mol. The number of aryl methyl sites for hydroxylation is 1. The number of benzene rings is 2. The predicted octanol–water partition coefficient (Wildman–Crippen LogP) is 4.31. The number of hydrogen-bond donors (Lipinski definition) is 1. The molecule has 0 unspecified atom stereocenters. The van der Waals surface area contributed by atoms with Crippen LogP contribution in [-0.4, -0.2) is 4.98 Å². The molecule has 0 aliphatic heterocycles. The Morgan fingerprint density at radius 2 is 1.30 bits per heavy atom. The summed E-state index contributed by atoms with van der Waals surface area (Å²) in [6.07, 6.45) is 1.82. The Labute approximate surface area is 118 Å². The van der Waals surface area contributed by atoms with Gasteiger partial charge in [-0.15, -0.1) is 0 Å². The van der Waals surface area contributed by atoms with Crippen LogP contribution in [0.3, 0.4) is 0 Å². The molecule has 3 aromatic rings. The van der Waals surface area contributed by atoms with Gasteiger partial charge in [0.2, 0.25) is 0 Å². The number of rotatable bonds is 2. The minimum Gasteiger partial charge on any atom is -0.383 e. The van der Waals surface area contributed by atoms with Gasteiger partial charge in [-0.25, -0.2) is 4.98 Å². The number of nitrogens with zero attached hydrogens (tertiary/aromatic N) is 1. The van der Waals surface area contributed by atoms with E-state index in [4.69, 9.17) is 5.73 Å². The maximum atomic E-state index is 5.76. The summed E-state index contributed by atoms with van der Waals surface area (Å²) in [7, 11) is 0. The molecule has 0 atom stereocenters. The standard InChI is InChI=1S/C18H16N2/c1-13-11-17(12-20-18(13)19)16-9-7-15(8-10-16)14-5-3-2-4-6-14/h2-12H,1H3,(H2,19,20). The first-order valence-electron chi connectivity index (χ1n) is 6.62. The Kier molecular flexibility index (Phi) is 3.21. The molecule has 0 saturated carbocycles. The normalized spacial score (nSPS) is 10.4. The fourth-order valence-corrected chi connectivity index (χ4v) is 2.23.